The van der Waals surface area contributed by atoms with Gasteiger partial charge in [0.15, 0.2) is 11.5 Å². The summed E-state index contributed by atoms with van der Waals surface area (Å²) < 4.78 is 42.7. The van der Waals surface area contributed by atoms with Crippen LogP contribution in [-0.4, -0.2) is 69.1 Å². The third-order valence-electron chi connectivity index (χ3n) is 4.48. The molecule has 2 aromatic rings. The second kappa shape index (κ2) is 8.93. The number of rotatable bonds is 9. The zero-order chi connectivity index (χ0) is 20.1. The number of para-hydroxylation sites is 2. The molecular weight excluding hydrogens is 382 g/mol. The molecule has 1 aromatic heterocycles. The smallest absolute Gasteiger partial charge is 0.227 e. The van der Waals surface area contributed by atoms with Gasteiger partial charge in [0.1, 0.15) is 12.7 Å². The third kappa shape index (κ3) is 5.03. The number of hydrogen-bond acceptors (Lipinski definition) is 7. The monoisotopic (exact) mass is 409 g/mol. The van der Waals surface area contributed by atoms with E-state index in [0.717, 1.165) is 17.2 Å². The molecule has 0 saturated heterocycles. The van der Waals surface area contributed by atoms with Crippen LogP contribution < -0.4 is 9.47 Å². The van der Waals surface area contributed by atoms with Crippen LogP contribution in [-0.2, 0) is 27.7 Å². The average Bonchev–Trinajstić information content (AvgIpc) is 3.04. The second-order valence-corrected chi connectivity index (χ2v) is 8.91. The van der Waals surface area contributed by atoms with Crippen molar-refractivity contribution in [3.8, 4) is 11.5 Å². The first kappa shape index (κ1) is 20.6. The van der Waals surface area contributed by atoms with Gasteiger partial charge in [-0.15, -0.1) is 0 Å². The van der Waals surface area contributed by atoms with Gasteiger partial charge in [-0.2, -0.15) is 0 Å². The van der Waals surface area contributed by atoms with E-state index in [1.54, 1.807) is 17.9 Å². The Labute approximate surface area is 165 Å². The number of hydrogen-bond donors (Lipinski definition) is 0. The van der Waals surface area contributed by atoms with Crippen molar-refractivity contribution in [2.75, 3.05) is 40.2 Å². The molecular formula is C19H27N3O5S. The largest absolute Gasteiger partial charge is 0.486 e. The number of nitrogens with zero attached hydrogens (tertiary/aromatic N) is 3. The number of methoxy groups -OCH3 is 1. The summed E-state index contributed by atoms with van der Waals surface area (Å²) in [6.07, 6.45) is 3.43. The van der Waals surface area contributed by atoms with Gasteiger partial charge in [-0.1, -0.05) is 12.1 Å². The molecule has 3 rings (SSSR count). The van der Waals surface area contributed by atoms with Gasteiger partial charge >= 0.3 is 0 Å². The maximum absolute atomic E-state index is 12.1. The maximum Gasteiger partial charge on any atom is 0.227 e. The molecule has 0 spiro atoms. The predicted octanol–water partition coefficient (Wildman–Crippen LogP) is 1.59. The first-order valence-electron chi connectivity index (χ1n) is 9.19. The Kier molecular flexibility index (Phi) is 6.58. The fourth-order valence-electron chi connectivity index (χ4n) is 3.26. The topological polar surface area (TPSA) is 82.9 Å². The first-order chi connectivity index (χ1) is 13.4. The molecule has 1 aromatic carbocycles. The first-order valence-corrected chi connectivity index (χ1v) is 11.1. The number of ether oxygens (including phenoxy) is 3. The van der Waals surface area contributed by atoms with Crippen molar-refractivity contribution in [1.82, 2.24) is 14.5 Å². The number of imidazole rings is 1. The van der Waals surface area contributed by atoms with Crippen LogP contribution in [0.2, 0.25) is 0 Å². The summed E-state index contributed by atoms with van der Waals surface area (Å²) in [5.74, 6) is 1.51. The van der Waals surface area contributed by atoms with Crippen LogP contribution in [0, 0.1) is 0 Å². The quantitative estimate of drug-likeness (QED) is 0.582. The van der Waals surface area contributed by atoms with Gasteiger partial charge in [0.25, 0.3) is 0 Å². The van der Waals surface area contributed by atoms with Gasteiger partial charge < -0.3 is 18.8 Å². The van der Waals surface area contributed by atoms with Gasteiger partial charge in [0, 0.05) is 39.6 Å². The molecule has 8 nitrogen and oxygen atoms in total. The molecule has 0 amide bonds. The van der Waals surface area contributed by atoms with Crippen LogP contribution in [0.25, 0.3) is 0 Å². The predicted molar refractivity (Wildman–Crippen MR) is 105 cm³/mol. The van der Waals surface area contributed by atoms with Crippen molar-refractivity contribution < 1.29 is 22.6 Å². The Hall–Kier alpha value is -2.10. The van der Waals surface area contributed by atoms with Crippen LogP contribution in [0.1, 0.15) is 12.1 Å². The summed E-state index contributed by atoms with van der Waals surface area (Å²) in [7, 11) is 0.200. The van der Waals surface area contributed by atoms with E-state index in [4.69, 9.17) is 14.2 Å². The number of fused-ring (bicyclic) bond motifs is 1. The zero-order valence-electron chi connectivity index (χ0n) is 16.5. The lowest BCUT2D eigenvalue weighted by atomic mass is 10.2. The van der Waals surface area contributed by atoms with E-state index < -0.39 is 9.84 Å². The van der Waals surface area contributed by atoms with E-state index in [0.29, 0.717) is 39.3 Å². The lowest BCUT2D eigenvalue weighted by Crippen LogP contribution is -2.39. The van der Waals surface area contributed by atoms with Gasteiger partial charge in [0.05, 0.1) is 11.9 Å². The van der Waals surface area contributed by atoms with Crippen LogP contribution in [0.15, 0.2) is 35.6 Å². The van der Waals surface area contributed by atoms with Crippen molar-refractivity contribution in [1.29, 1.82) is 0 Å². The van der Waals surface area contributed by atoms with Crippen LogP contribution in [0.5, 0.6) is 11.5 Å². The zero-order valence-corrected chi connectivity index (χ0v) is 17.3. The van der Waals surface area contributed by atoms with Gasteiger partial charge in [0.2, 0.25) is 15.0 Å². The minimum atomic E-state index is -3.40. The van der Waals surface area contributed by atoms with Crippen molar-refractivity contribution in [2.24, 2.45) is 0 Å². The molecule has 154 valence electrons. The summed E-state index contributed by atoms with van der Waals surface area (Å²) in [5, 5.41) is 0.0955. The van der Waals surface area contributed by atoms with E-state index in [9.17, 15) is 8.42 Å². The second-order valence-electron chi connectivity index (χ2n) is 7.00. The minimum absolute atomic E-state index is 0.0955. The van der Waals surface area contributed by atoms with Crippen molar-refractivity contribution in [2.45, 2.75) is 30.8 Å². The molecule has 0 fully saturated rings. The summed E-state index contributed by atoms with van der Waals surface area (Å²) in [6.45, 7) is 2.77. The molecule has 1 atom stereocenters. The highest BCUT2D eigenvalue weighted by Gasteiger charge is 2.24. The normalized spacial score (nSPS) is 16.5. The van der Waals surface area contributed by atoms with Gasteiger partial charge in [-0.25, -0.2) is 13.4 Å². The van der Waals surface area contributed by atoms with E-state index in [-0.39, 0.29) is 11.3 Å². The molecule has 0 unspecified atom stereocenters. The highest BCUT2D eigenvalue weighted by atomic mass is 32.2. The fourth-order valence-corrected chi connectivity index (χ4v) is 4.12. The summed E-state index contributed by atoms with van der Waals surface area (Å²) in [4.78, 5) is 6.23. The minimum Gasteiger partial charge on any atom is -0.486 e. The van der Waals surface area contributed by atoms with E-state index in [1.807, 2.05) is 31.3 Å². The van der Waals surface area contributed by atoms with Gasteiger partial charge in [-0.05, 0) is 25.6 Å². The standard InChI is InChI=1S/C19H27N3O5S/c1-21(13-16-14-26-17-7-4-5-8-18(17)27-16)12-15-11-20-19(28(3,23)24)22(15)9-6-10-25-2/h4-5,7-8,11,16H,6,9-10,12-14H2,1-3H3/t16-/m0/s1. The molecule has 0 radical (unpaired) electrons. The molecule has 0 bridgehead atoms. The Balaban J connectivity index is 1.66. The fraction of sp³-hybridized carbons (Fsp3) is 0.526. The molecule has 2 heterocycles. The van der Waals surface area contributed by atoms with Crippen LogP contribution in [0.4, 0.5) is 0 Å². The Morgan fingerprint density at radius 2 is 2.07 bits per heavy atom. The molecule has 1 aliphatic heterocycles. The summed E-state index contributed by atoms with van der Waals surface area (Å²) in [6, 6.07) is 7.61. The van der Waals surface area contributed by atoms with E-state index >= 15 is 0 Å². The lowest BCUT2D eigenvalue weighted by Gasteiger charge is -2.29. The Bertz CT molecular complexity index is 897. The average molecular weight is 410 g/mol. The number of sulfone groups is 1. The molecule has 1 aliphatic rings. The van der Waals surface area contributed by atoms with Crippen LogP contribution in [0.3, 0.4) is 0 Å². The lowest BCUT2D eigenvalue weighted by molar-refractivity contribution is 0.0632. The third-order valence-corrected chi connectivity index (χ3v) is 5.47. The number of likely N-dealkylation sites (N-methyl/N-ethyl adjacent to an activating group) is 1. The van der Waals surface area contributed by atoms with E-state index in [1.165, 1.54) is 6.26 Å². The van der Waals surface area contributed by atoms with E-state index in [2.05, 4.69) is 9.88 Å². The number of aromatic nitrogens is 2. The van der Waals surface area contributed by atoms with Crippen molar-refractivity contribution >= 4 is 9.84 Å². The SMILES string of the molecule is COCCCn1c(CN(C)C[C@H]2COc3ccccc3O2)cnc1S(C)(=O)=O. The van der Waals surface area contributed by atoms with Crippen LogP contribution >= 0.6 is 0 Å². The summed E-state index contributed by atoms with van der Waals surface area (Å²) >= 11 is 0. The van der Waals surface area contributed by atoms with Crippen molar-refractivity contribution in [3.05, 3.63) is 36.2 Å². The van der Waals surface area contributed by atoms with Gasteiger partial charge in [-0.3, -0.25) is 4.90 Å². The maximum atomic E-state index is 12.1. The number of benzene rings is 1. The molecule has 0 aliphatic carbocycles. The molecule has 9 heteroatoms. The highest BCUT2D eigenvalue weighted by molar-refractivity contribution is 7.90. The highest BCUT2D eigenvalue weighted by Crippen LogP contribution is 2.31. The summed E-state index contributed by atoms with van der Waals surface area (Å²) in [5.41, 5.74) is 0.844. The van der Waals surface area contributed by atoms with Crippen molar-refractivity contribution in [3.63, 3.8) is 0 Å². The Morgan fingerprint density at radius 1 is 1.32 bits per heavy atom. The molecule has 0 N–H and O–H groups in total. The molecule has 0 saturated carbocycles. The Morgan fingerprint density at radius 3 is 2.79 bits per heavy atom. The molecule has 28 heavy (non-hydrogen) atoms.